The molecule has 0 atom stereocenters. The van der Waals surface area contributed by atoms with Gasteiger partial charge in [0.15, 0.2) is 23.8 Å². The van der Waals surface area contributed by atoms with Gasteiger partial charge in [-0.15, -0.1) is 0 Å². The van der Waals surface area contributed by atoms with Gasteiger partial charge in [0.05, 0.1) is 13.7 Å². The third kappa shape index (κ3) is 4.79. The van der Waals surface area contributed by atoms with Gasteiger partial charge >= 0.3 is 0 Å². The van der Waals surface area contributed by atoms with Crippen molar-refractivity contribution >= 4 is 11.7 Å². The highest BCUT2D eigenvalue weighted by Crippen LogP contribution is 2.27. The van der Waals surface area contributed by atoms with Crippen LogP contribution in [0.5, 0.6) is 17.2 Å². The lowest BCUT2D eigenvalue weighted by Crippen LogP contribution is -2.20. The van der Waals surface area contributed by atoms with Crippen molar-refractivity contribution in [1.29, 1.82) is 0 Å². The summed E-state index contributed by atoms with van der Waals surface area (Å²) in [5.74, 6) is 1.60. The maximum absolute atomic E-state index is 12.2. The topological polar surface area (TPSA) is 95.7 Å². The molecule has 3 rings (SSSR count). The molecule has 0 bridgehead atoms. The largest absolute Gasteiger partial charge is 0.494 e. The fourth-order valence-electron chi connectivity index (χ4n) is 2.44. The lowest BCUT2D eigenvalue weighted by molar-refractivity contribution is -0.118. The number of carbonyl (C=O) groups excluding carboxylic acids is 1. The molecule has 0 spiro atoms. The van der Waals surface area contributed by atoms with Gasteiger partial charge in [0.2, 0.25) is 5.82 Å². The van der Waals surface area contributed by atoms with Gasteiger partial charge in [-0.3, -0.25) is 4.79 Å². The molecule has 0 saturated carbocycles. The van der Waals surface area contributed by atoms with E-state index in [9.17, 15) is 4.79 Å². The van der Waals surface area contributed by atoms with E-state index in [-0.39, 0.29) is 12.4 Å². The quantitative estimate of drug-likeness (QED) is 0.603. The summed E-state index contributed by atoms with van der Waals surface area (Å²) in [7, 11) is 1.54. The van der Waals surface area contributed by atoms with Crippen LogP contribution in [0, 0.1) is 0 Å². The molecule has 0 fully saturated rings. The van der Waals surface area contributed by atoms with Crippen LogP contribution in [-0.2, 0) is 4.79 Å². The van der Waals surface area contributed by atoms with Crippen LogP contribution in [0.15, 0.2) is 53.2 Å². The molecule has 146 valence electrons. The van der Waals surface area contributed by atoms with Gasteiger partial charge in [-0.05, 0) is 53.1 Å². The molecule has 8 nitrogen and oxygen atoms in total. The van der Waals surface area contributed by atoms with Crippen LogP contribution in [0.25, 0.3) is 11.3 Å². The third-order valence-corrected chi connectivity index (χ3v) is 3.77. The molecule has 0 aliphatic carbocycles. The van der Waals surface area contributed by atoms with Gasteiger partial charge in [-0.2, -0.15) is 0 Å². The zero-order valence-electron chi connectivity index (χ0n) is 15.7. The number of nitrogens with zero attached hydrogens (tertiary/aromatic N) is 2. The molecular formula is C20H21N3O5. The van der Waals surface area contributed by atoms with Crippen LogP contribution >= 0.6 is 0 Å². The minimum Gasteiger partial charge on any atom is -0.494 e. The Morgan fingerprint density at radius 3 is 2.50 bits per heavy atom. The Balaban J connectivity index is 1.62. The molecular weight excluding hydrogens is 362 g/mol. The van der Waals surface area contributed by atoms with E-state index < -0.39 is 5.91 Å². The summed E-state index contributed by atoms with van der Waals surface area (Å²) in [5.41, 5.74) is 1.17. The van der Waals surface area contributed by atoms with Gasteiger partial charge in [-0.25, -0.2) is 4.63 Å². The first kappa shape index (κ1) is 19.2. The van der Waals surface area contributed by atoms with Crippen LogP contribution in [0.2, 0.25) is 0 Å². The van der Waals surface area contributed by atoms with Gasteiger partial charge in [0, 0.05) is 5.56 Å². The number of aromatic nitrogens is 2. The van der Waals surface area contributed by atoms with E-state index in [1.165, 1.54) is 7.11 Å². The van der Waals surface area contributed by atoms with E-state index in [0.29, 0.717) is 23.8 Å². The van der Waals surface area contributed by atoms with Gasteiger partial charge in [0.1, 0.15) is 5.75 Å². The van der Waals surface area contributed by atoms with E-state index in [4.69, 9.17) is 18.8 Å². The Kier molecular flexibility index (Phi) is 6.46. The number of amides is 1. The first-order valence-electron chi connectivity index (χ1n) is 8.82. The van der Waals surface area contributed by atoms with Gasteiger partial charge < -0.3 is 19.5 Å². The smallest absolute Gasteiger partial charge is 0.263 e. The minimum atomic E-state index is -0.397. The predicted octanol–water partition coefficient (Wildman–Crippen LogP) is 3.55. The Bertz CT molecular complexity index is 908. The molecule has 1 N–H and O–H groups in total. The Labute approximate surface area is 162 Å². The monoisotopic (exact) mass is 383 g/mol. The number of benzene rings is 2. The summed E-state index contributed by atoms with van der Waals surface area (Å²) < 4.78 is 21.0. The van der Waals surface area contributed by atoms with E-state index in [2.05, 4.69) is 15.6 Å². The first-order valence-corrected chi connectivity index (χ1v) is 8.82. The molecule has 0 aliphatic heterocycles. The number of hydrogen-bond donors (Lipinski definition) is 1. The van der Waals surface area contributed by atoms with Gasteiger partial charge in [-0.1, -0.05) is 19.1 Å². The van der Waals surface area contributed by atoms with Crippen LogP contribution in [0.1, 0.15) is 13.3 Å². The maximum Gasteiger partial charge on any atom is 0.263 e. The highest BCUT2D eigenvalue weighted by molar-refractivity contribution is 5.94. The first-order chi connectivity index (χ1) is 13.7. The minimum absolute atomic E-state index is 0.212. The van der Waals surface area contributed by atoms with Crippen molar-refractivity contribution in [1.82, 2.24) is 10.3 Å². The number of methoxy groups -OCH3 is 1. The second-order valence-corrected chi connectivity index (χ2v) is 5.82. The van der Waals surface area contributed by atoms with Crippen molar-refractivity contribution in [3.63, 3.8) is 0 Å². The normalized spacial score (nSPS) is 10.4. The maximum atomic E-state index is 12.2. The molecule has 1 heterocycles. The summed E-state index contributed by atoms with van der Waals surface area (Å²) in [6.45, 7) is 2.48. The van der Waals surface area contributed by atoms with Crippen LogP contribution < -0.4 is 19.5 Å². The summed E-state index contributed by atoms with van der Waals surface area (Å²) in [4.78, 5) is 12.2. The Hall–Kier alpha value is -3.55. The Morgan fingerprint density at radius 2 is 1.79 bits per heavy atom. The van der Waals surface area contributed by atoms with Crippen LogP contribution in [0.3, 0.4) is 0 Å². The predicted molar refractivity (Wildman–Crippen MR) is 103 cm³/mol. The SMILES string of the molecule is CCCOc1ccc(-c2nonc2NC(=O)COc2ccccc2OC)cc1. The molecule has 1 aromatic heterocycles. The molecule has 0 radical (unpaired) electrons. The van der Waals surface area contributed by atoms with Crippen molar-refractivity contribution in [3.8, 4) is 28.5 Å². The molecule has 28 heavy (non-hydrogen) atoms. The number of nitrogens with one attached hydrogen (secondary N) is 1. The lowest BCUT2D eigenvalue weighted by Gasteiger charge is -2.10. The van der Waals surface area contributed by atoms with Gasteiger partial charge in [0.25, 0.3) is 5.91 Å². The molecule has 3 aromatic rings. The lowest BCUT2D eigenvalue weighted by atomic mass is 10.1. The number of hydrogen-bond acceptors (Lipinski definition) is 7. The third-order valence-electron chi connectivity index (χ3n) is 3.77. The molecule has 0 aliphatic rings. The van der Waals surface area contributed by atoms with E-state index >= 15 is 0 Å². The summed E-state index contributed by atoms with van der Waals surface area (Å²) in [6.07, 6.45) is 0.933. The highest BCUT2D eigenvalue weighted by atomic mass is 16.6. The summed E-state index contributed by atoms with van der Waals surface area (Å²) in [6, 6.07) is 14.4. The van der Waals surface area contributed by atoms with Crippen LogP contribution in [-0.4, -0.2) is 36.5 Å². The van der Waals surface area contributed by atoms with E-state index in [1.807, 2.05) is 37.3 Å². The van der Waals surface area contributed by atoms with Crippen LogP contribution in [0.4, 0.5) is 5.82 Å². The summed E-state index contributed by atoms with van der Waals surface area (Å²) >= 11 is 0. The van der Waals surface area contributed by atoms with Crippen molar-refractivity contribution in [2.24, 2.45) is 0 Å². The average Bonchev–Trinajstić information content (AvgIpc) is 3.19. The fourth-order valence-corrected chi connectivity index (χ4v) is 2.44. The number of para-hydroxylation sites is 2. The van der Waals surface area contributed by atoms with Crippen molar-refractivity contribution < 1.29 is 23.6 Å². The molecule has 0 saturated heterocycles. The molecule has 1 amide bonds. The zero-order valence-corrected chi connectivity index (χ0v) is 15.7. The fraction of sp³-hybridized carbons (Fsp3) is 0.250. The second kappa shape index (κ2) is 9.40. The number of rotatable bonds is 9. The zero-order chi connectivity index (χ0) is 19.8. The molecule has 0 unspecified atom stereocenters. The van der Waals surface area contributed by atoms with Crippen molar-refractivity contribution in [2.45, 2.75) is 13.3 Å². The average molecular weight is 383 g/mol. The van der Waals surface area contributed by atoms with Crippen molar-refractivity contribution in [2.75, 3.05) is 25.6 Å². The second-order valence-electron chi connectivity index (χ2n) is 5.82. The highest BCUT2D eigenvalue weighted by Gasteiger charge is 2.16. The van der Waals surface area contributed by atoms with E-state index in [1.54, 1.807) is 18.2 Å². The Morgan fingerprint density at radius 1 is 1.04 bits per heavy atom. The molecule has 2 aromatic carbocycles. The summed E-state index contributed by atoms with van der Waals surface area (Å²) in [5, 5.41) is 10.3. The number of ether oxygens (including phenoxy) is 3. The van der Waals surface area contributed by atoms with Crippen molar-refractivity contribution in [3.05, 3.63) is 48.5 Å². The van der Waals surface area contributed by atoms with E-state index in [0.717, 1.165) is 17.7 Å². The molecule has 8 heteroatoms. The number of anilines is 1. The standard InChI is InChI=1S/C20H21N3O5/c1-3-12-26-15-10-8-14(9-11-15)19-20(23-28-22-19)21-18(24)13-27-17-7-5-4-6-16(17)25-2/h4-11H,3,12-13H2,1-2H3,(H,21,23,24). The number of carbonyl (C=O) groups is 1.